The zero-order valence-corrected chi connectivity index (χ0v) is 12.6. The van der Waals surface area contributed by atoms with Gasteiger partial charge in [0.05, 0.1) is 10.7 Å². The van der Waals surface area contributed by atoms with Gasteiger partial charge in [0.2, 0.25) is 0 Å². The van der Waals surface area contributed by atoms with Gasteiger partial charge in [0.25, 0.3) is 5.91 Å². The largest absolute Gasteiger partial charge is 0.506 e. The predicted octanol–water partition coefficient (Wildman–Crippen LogP) is 4.71. The molecule has 0 aliphatic rings. The Bertz CT molecular complexity index is 647. The van der Waals surface area contributed by atoms with E-state index in [9.17, 15) is 9.90 Å². The Morgan fingerprint density at radius 3 is 2.53 bits per heavy atom. The molecule has 1 amide bonds. The summed E-state index contributed by atoms with van der Waals surface area (Å²) in [5.41, 5.74) is 0.947. The van der Waals surface area contributed by atoms with Gasteiger partial charge >= 0.3 is 0 Å². The van der Waals surface area contributed by atoms with Crippen LogP contribution in [0.1, 0.15) is 10.4 Å². The first kappa shape index (κ1) is 14.2. The van der Waals surface area contributed by atoms with E-state index in [0.29, 0.717) is 20.7 Å². The van der Waals surface area contributed by atoms with Crippen LogP contribution >= 0.6 is 39.1 Å². The van der Waals surface area contributed by atoms with E-state index >= 15 is 0 Å². The number of anilines is 1. The third-order valence-electron chi connectivity index (χ3n) is 2.39. The fraction of sp³-hybridized carbons (Fsp3) is 0. The van der Waals surface area contributed by atoms with Gasteiger partial charge in [-0.2, -0.15) is 0 Å². The molecule has 0 aliphatic carbocycles. The molecule has 0 unspecified atom stereocenters. The fourth-order valence-corrected chi connectivity index (χ4v) is 2.40. The van der Waals surface area contributed by atoms with Crippen molar-refractivity contribution >= 4 is 50.7 Å². The van der Waals surface area contributed by atoms with Crippen LogP contribution in [0.2, 0.25) is 10.0 Å². The minimum absolute atomic E-state index is 0.0640. The summed E-state index contributed by atoms with van der Waals surface area (Å²) in [6.45, 7) is 0. The normalized spacial score (nSPS) is 10.3. The summed E-state index contributed by atoms with van der Waals surface area (Å²) in [6, 6.07) is 9.30. The third-order valence-corrected chi connectivity index (χ3v) is 3.58. The lowest BCUT2D eigenvalue weighted by Gasteiger charge is -2.08. The second-order valence-corrected chi connectivity index (χ2v) is 5.44. The highest BCUT2D eigenvalue weighted by atomic mass is 79.9. The number of phenols is 1. The molecule has 3 nitrogen and oxygen atoms in total. The van der Waals surface area contributed by atoms with E-state index in [4.69, 9.17) is 23.2 Å². The highest BCUT2D eigenvalue weighted by Crippen LogP contribution is 2.27. The van der Waals surface area contributed by atoms with Gasteiger partial charge in [-0.1, -0.05) is 23.2 Å². The van der Waals surface area contributed by atoms with Gasteiger partial charge in [0, 0.05) is 15.1 Å². The van der Waals surface area contributed by atoms with Crippen molar-refractivity contribution in [3.05, 3.63) is 56.5 Å². The molecule has 0 aromatic heterocycles. The molecule has 98 valence electrons. The van der Waals surface area contributed by atoms with Crippen molar-refractivity contribution in [3.63, 3.8) is 0 Å². The molecule has 0 fully saturated rings. The zero-order chi connectivity index (χ0) is 14.0. The number of phenolic OH excluding ortho intramolecular Hbond substituents is 1. The van der Waals surface area contributed by atoms with Crippen LogP contribution in [0, 0.1) is 0 Å². The molecule has 0 radical (unpaired) electrons. The van der Waals surface area contributed by atoms with Crippen molar-refractivity contribution in [2.75, 3.05) is 5.32 Å². The highest BCUT2D eigenvalue weighted by Gasteiger charge is 2.10. The summed E-state index contributed by atoms with van der Waals surface area (Å²) in [7, 11) is 0. The Labute approximate surface area is 128 Å². The van der Waals surface area contributed by atoms with Crippen LogP contribution < -0.4 is 5.32 Å². The molecule has 2 N–H and O–H groups in total. The van der Waals surface area contributed by atoms with Gasteiger partial charge in [-0.15, -0.1) is 0 Å². The van der Waals surface area contributed by atoms with Crippen molar-refractivity contribution < 1.29 is 9.90 Å². The average molecular weight is 361 g/mol. The number of carbonyl (C=O) groups excluding carboxylic acids is 1. The topological polar surface area (TPSA) is 49.3 Å². The number of hydrogen-bond donors (Lipinski definition) is 2. The van der Waals surface area contributed by atoms with Crippen LogP contribution in [0.15, 0.2) is 40.9 Å². The molecule has 2 rings (SSSR count). The van der Waals surface area contributed by atoms with Crippen LogP contribution in [0.25, 0.3) is 0 Å². The van der Waals surface area contributed by atoms with Gasteiger partial charge in [0.15, 0.2) is 0 Å². The molecule has 0 bridgehead atoms. The van der Waals surface area contributed by atoms with Crippen LogP contribution in [0.4, 0.5) is 5.69 Å². The first-order chi connectivity index (χ1) is 8.97. The number of amides is 1. The van der Waals surface area contributed by atoms with Crippen LogP contribution in [0.5, 0.6) is 5.75 Å². The minimum atomic E-state index is -0.329. The molecule has 0 aliphatic heterocycles. The maximum atomic E-state index is 12.0. The SMILES string of the molecule is O=C(Nc1ccc(Cl)cc1Br)c1ccc(O)c(Cl)c1. The maximum Gasteiger partial charge on any atom is 0.255 e. The Balaban J connectivity index is 2.23. The Morgan fingerprint density at radius 1 is 1.16 bits per heavy atom. The standard InChI is InChI=1S/C13H8BrCl2NO2/c14-9-6-8(15)2-3-11(9)17-13(19)7-1-4-12(18)10(16)5-7/h1-6,18H,(H,17,19). The lowest BCUT2D eigenvalue weighted by atomic mass is 10.2. The Morgan fingerprint density at radius 2 is 1.89 bits per heavy atom. The highest BCUT2D eigenvalue weighted by molar-refractivity contribution is 9.10. The molecule has 0 saturated carbocycles. The van der Waals surface area contributed by atoms with Crippen LogP contribution in [0.3, 0.4) is 0 Å². The summed E-state index contributed by atoms with van der Waals surface area (Å²) in [4.78, 5) is 12.0. The lowest BCUT2D eigenvalue weighted by molar-refractivity contribution is 0.102. The average Bonchev–Trinajstić information content (AvgIpc) is 2.36. The van der Waals surface area contributed by atoms with Crippen molar-refractivity contribution in [2.24, 2.45) is 0 Å². The molecule has 2 aromatic rings. The summed E-state index contributed by atoms with van der Waals surface area (Å²) >= 11 is 14.9. The molecule has 0 spiro atoms. The van der Waals surface area contributed by atoms with Gasteiger partial charge in [-0.3, -0.25) is 4.79 Å². The Hall–Kier alpha value is -1.23. The van der Waals surface area contributed by atoms with E-state index in [-0.39, 0.29) is 16.7 Å². The van der Waals surface area contributed by atoms with Crippen LogP contribution in [-0.2, 0) is 0 Å². The molecule has 0 heterocycles. The summed E-state index contributed by atoms with van der Waals surface area (Å²) < 4.78 is 0.679. The summed E-state index contributed by atoms with van der Waals surface area (Å²) in [5.74, 6) is -0.393. The summed E-state index contributed by atoms with van der Waals surface area (Å²) in [5, 5.41) is 12.7. The quantitative estimate of drug-likeness (QED) is 0.814. The van der Waals surface area contributed by atoms with Gasteiger partial charge < -0.3 is 10.4 Å². The van der Waals surface area contributed by atoms with Crippen molar-refractivity contribution in [2.45, 2.75) is 0 Å². The van der Waals surface area contributed by atoms with Crippen LogP contribution in [-0.4, -0.2) is 11.0 Å². The second kappa shape index (κ2) is 5.82. The number of rotatable bonds is 2. The fourth-order valence-electron chi connectivity index (χ4n) is 1.43. The first-order valence-corrected chi connectivity index (χ1v) is 6.77. The smallest absolute Gasteiger partial charge is 0.255 e. The molecule has 6 heteroatoms. The van der Waals surface area contributed by atoms with E-state index in [1.165, 1.54) is 18.2 Å². The summed E-state index contributed by atoms with van der Waals surface area (Å²) in [6.07, 6.45) is 0. The van der Waals surface area contributed by atoms with E-state index in [1.807, 2.05) is 0 Å². The zero-order valence-electron chi connectivity index (χ0n) is 9.45. The van der Waals surface area contributed by atoms with Gasteiger partial charge in [-0.25, -0.2) is 0 Å². The number of aromatic hydroxyl groups is 1. The second-order valence-electron chi connectivity index (χ2n) is 3.74. The van der Waals surface area contributed by atoms with Crippen molar-refractivity contribution in [3.8, 4) is 5.75 Å². The minimum Gasteiger partial charge on any atom is -0.506 e. The molecule has 0 atom stereocenters. The predicted molar refractivity (Wildman–Crippen MR) is 80.2 cm³/mol. The maximum absolute atomic E-state index is 12.0. The number of carbonyl (C=O) groups is 1. The Kier molecular flexibility index (Phi) is 4.34. The van der Waals surface area contributed by atoms with Gasteiger partial charge in [0.1, 0.15) is 5.75 Å². The van der Waals surface area contributed by atoms with E-state index in [0.717, 1.165) is 0 Å². The number of nitrogens with one attached hydrogen (secondary N) is 1. The van der Waals surface area contributed by atoms with E-state index in [1.54, 1.807) is 18.2 Å². The molecule has 0 saturated heterocycles. The third kappa shape index (κ3) is 3.41. The number of halogens is 3. The van der Waals surface area contributed by atoms with Crippen molar-refractivity contribution in [1.82, 2.24) is 0 Å². The molecular weight excluding hydrogens is 353 g/mol. The monoisotopic (exact) mass is 359 g/mol. The van der Waals surface area contributed by atoms with E-state index < -0.39 is 0 Å². The molecular formula is C13H8BrCl2NO2. The van der Waals surface area contributed by atoms with E-state index in [2.05, 4.69) is 21.2 Å². The van der Waals surface area contributed by atoms with Gasteiger partial charge in [-0.05, 0) is 52.3 Å². The molecule has 2 aromatic carbocycles. The number of hydrogen-bond acceptors (Lipinski definition) is 2. The van der Waals surface area contributed by atoms with Crippen molar-refractivity contribution in [1.29, 1.82) is 0 Å². The lowest BCUT2D eigenvalue weighted by Crippen LogP contribution is -2.12. The first-order valence-electron chi connectivity index (χ1n) is 5.22. The molecule has 19 heavy (non-hydrogen) atoms. The number of benzene rings is 2.